The Hall–Kier alpha value is -2.05. The van der Waals surface area contributed by atoms with Gasteiger partial charge in [-0.2, -0.15) is 5.10 Å². The van der Waals surface area contributed by atoms with Crippen molar-refractivity contribution in [1.29, 1.82) is 0 Å². The number of benzene rings is 1. The summed E-state index contributed by atoms with van der Waals surface area (Å²) in [6, 6.07) is 7.33. The van der Waals surface area contributed by atoms with Crippen molar-refractivity contribution in [3.63, 3.8) is 0 Å². The van der Waals surface area contributed by atoms with Gasteiger partial charge in [0.25, 0.3) is 0 Å². The van der Waals surface area contributed by atoms with Gasteiger partial charge < -0.3 is 15.0 Å². The van der Waals surface area contributed by atoms with Crippen molar-refractivity contribution in [3.05, 3.63) is 41.2 Å². The maximum Gasteiger partial charge on any atom is 0.322 e. The van der Waals surface area contributed by atoms with Gasteiger partial charge in [-0.3, -0.25) is 0 Å². The van der Waals surface area contributed by atoms with Gasteiger partial charge in [-0.25, -0.2) is 9.48 Å². The van der Waals surface area contributed by atoms with Crippen LogP contribution >= 0.6 is 11.6 Å². The van der Waals surface area contributed by atoms with E-state index in [1.54, 1.807) is 15.8 Å². The minimum atomic E-state index is -0.133. The van der Waals surface area contributed by atoms with Crippen LogP contribution < -0.4 is 5.32 Å². The van der Waals surface area contributed by atoms with Crippen LogP contribution in [0.1, 0.15) is 19.5 Å². The number of halogens is 1. The summed E-state index contributed by atoms with van der Waals surface area (Å²) in [5.74, 6) is 0. The van der Waals surface area contributed by atoms with E-state index in [4.69, 9.17) is 16.3 Å². The van der Waals surface area contributed by atoms with Gasteiger partial charge >= 0.3 is 6.03 Å². The van der Waals surface area contributed by atoms with Crippen molar-refractivity contribution in [2.75, 3.05) is 18.5 Å². The molecule has 2 heterocycles. The Bertz CT molecular complexity index is 746. The Morgan fingerprint density at radius 2 is 2.21 bits per heavy atom. The molecule has 1 aromatic heterocycles. The number of ether oxygens (including phenoxy) is 1. The maximum atomic E-state index is 12.6. The third-order valence-electron chi connectivity index (χ3n) is 4.45. The fourth-order valence-corrected chi connectivity index (χ4v) is 2.99. The van der Waals surface area contributed by atoms with Crippen LogP contribution in [0, 0.1) is 6.92 Å². The van der Waals surface area contributed by atoms with Crippen LogP contribution in [0.4, 0.5) is 10.5 Å². The lowest BCUT2D eigenvalue weighted by molar-refractivity contribution is -0.0355. The van der Waals surface area contributed by atoms with E-state index >= 15 is 0 Å². The molecule has 0 saturated carbocycles. The Labute approximate surface area is 146 Å². The highest BCUT2D eigenvalue weighted by Crippen LogP contribution is 2.22. The number of hydrogen-bond donors (Lipinski definition) is 1. The molecule has 128 valence electrons. The average molecular weight is 349 g/mol. The van der Waals surface area contributed by atoms with Gasteiger partial charge in [-0.1, -0.05) is 17.7 Å². The Kier molecular flexibility index (Phi) is 4.78. The van der Waals surface area contributed by atoms with Gasteiger partial charge in [-0.15, -0.1) is 0 Å². The molecule has 24 heavy (non-hydrogen) atoms. The molecule has 0 unspecified atom stereocenters. The van der Waals surface area contributed by atoms with Crippen molar-refractivity contribution in [2.45, 2.75) is 32.9 Å². The molecule has 1 fully saturated rings. The summed E-state index contributed by atoms with van der Waals surface area (Å²) in [5.41, 5.74) is 2.39. The number of carbonyl (C=O) groups excluding carboxylic acids is 1. The fourth-order valence-electron chi connectivity index (χ4n) is 2.81. The van der Waals surface area contributed by atoms with Crippen LogP contribution in [0.15, 0.2) is 30.5 Å². The zero-order valence-corrected chi connectivity index (χ0v) is 14.7. The van der Waals surface area contributed by atoms with Gasteiger partial charge in [0.05, 0.1) is 42.0 Å². The Morgan fingerprint density at radius 3 is 2.96 bits per heavy atom. The van der Waals surface area contributed by atoms with E-state index in [-0.39, 0.29) is 18.2 Å². The lowest BCUT2D eigenvalue weighted by Gasteiger charge is -2.37. The quantitative estimate of drug-likeness (QED) is 0.904. The molecular formula is C17H21ClN4O2. The summed E-state index contributed by atoms with van der Waals surface area (Å²) >= 11 is 6.04. The molecule has 1 saturated heterocycles. The van der Waals surface area contributed by atoms with Crippen LogP contribution in [0.2, 0.25) is 5.02 Å². The standard InChI is InChI=1S/C17H21ClN4O2/c1-11-13(3)24-8-7-21(11)17(23)20-16-10-19-22(12(16)2)15-6-4-5-14(18)9-15/h4-6,9-11,13H,7-8H2,1-3H3,(H,20,23)/t11-,13+/m0/s1. The monoisotopic (exact) mass is 348 g/mol. The molecule has 1 N–H and O–H groups in total. The Morgan fingerprint density at radius 1 is 1.42 bits per heavy atom. The molecule has 1 aliphatic rings. The molecule has 2 atom stereocenters. The summed E-state index contributed by atoms with van der Waals surface area (Å²) in [7, 11) is 0. The second kappa shape index (κ2) is 6.83. The number of morpholine rings is 1. The molecule has 2 amide bonds. The van der Waals surface area contributed by atoms with E-state index in [0.717, 1.165) is 11.4 Å². The van der Waals surface area contributed by atoms with E-state index in [1.807, 2.05) is 45.0 Å². The minimum Gasteiger partial charge on any atom is -0.375 e. The minimum absolute atomic E-state index is 0.0276. The van der Waals surface area contributed by atoms with E-state index in [1.165, 1.54) is 0 Å². The molecule has 7 heteroatoms. The van der Waals surface area contributed by atoms with Crippen molar-refractivity contribution in [3.8, 4) is 5.69 Å². The molecular weight excluding hydrogens is 328 g/mol. The number of amides is 2. The predicted octanol–water partition coefficient (Wildman–Crippen LogP) is 3.48. The highest BCUT2D eigenvalue weighted by molar-refractivity contribution is 6.30. The summed E-state index contributed by atoms with van der Waals surface area (Å²) in [4.78, 5) is 14.4. The number of carbonyl (C=O) groups is 1. The maximum absolute atomic E-state index is 12.6. The molecule has 0 bridgehead atoms. The normalized spacial score (nSPS) is 20.9. The summed E-state index contributed by atoms with van der Waals surface area (Å²) in [5, 5.41) is 7.95. The van der Waals surface area contributed by atoms with E-state index in [9.17, 15) is 4.79 Å². The number of rotatable bonds is 2. The van der Waals surface area contributed by atoms with Gasteiger partial charge in [0.2, 0.25) is 0 Å². The summed E-state index contributed by atoms with van der Waals surface area (Å²) < 4.78 is 7.32. The molecule has 0 aliphatic carbocycles. The third-order valence-corrected chi connectivity index (χ3v) is 4.68. The first kappa shape index (κ1) is 16.8. The first-order chi connectivity index (χ1) is 11.5. The molecule has 0 spiro atoms. The van der Waals surface area contributed by atoms with Gasteiger partial charge in [0, 0.05) is 11.6 Å². The van der Waals surface area contributed by atoms with Crippen LogP contribution in [-0.2, 0) is 4.74 Å². The molecule has 0 radical (unpaired) electrons. The predicted molar refractivity (Wildman–Crippen MR) is 93.9 cm³/mol. The number of urea groups is 1. The zero-order valence-electron chi connectivity index (χ0n) is 14.0. The van der Waals surface area contributed by atoms with Gasteiger partial charge in [-0.05, 0) is 39.0 Å². The largest absolute Gasteiger partial charge is 0.375 e. The highest BCUT2D eigenvalue weighted by Gasteiger charge is 2.29. The van der Waals surface area contributed by atoms with E-state index in [0.29, 0.717) is 23.9 Å². The lowest BCUT2D eigenvalue weighted by Crippen LogP contribution is -2.52. The van der Waals surface area contributed by atoms with Gasteiger partial charge in [0.15, 0.2) is 0 Å². The molecule has 2 aromatic rings. The SMILES string of the molecule is Cc1c(NC(=O)N2CCO[C@H](C)[C@@H]2C)cnn1-c1cccc(Cl)c1. The van der Waals surface area contributed by atoms with Crippen molar-refractivity contribution in [1.82, 2.24) is 14.7 Å². The second-order valence-corrected chi connectivity index (χ2v) is 6.41. The van der Waals surface area contributed by atoms with Crippen molar-refractivity contribution < 1.29 is 9.53 Å². The second-order valence-electron chi connectivity index (χ2n) is 5.98. The number of aromatic nitrogens is 2. The number of nitrogens with zero attached hydrogens (tertiary/aromatic N) is 3. The molecule has 1 aromatic carbocycles. The smallest absolute Gasteiger partial charge is 0.322 e. The number of hydrogen-bond acceptors (Lipinski definition) is 3. The highest BCUT2D eigenvalue weighted by atomic mass is 35.5. The van der Waals surface area contributed by atoms with Crippen LogP contribution in [0.5, 0.6) is 0 Å². The lowest BCUT2D eigenvalue weighted by atomic mass is 10.1. The summed E-state index contributed by atoms with van der Waals surface area (Å²) in [6.45, 7) is 7.02. The summed E-state index contributed by atoms with van der Waals surface area (Å²) in [6.07, 6.45) is 1.68. The van der Waals surface area contributed by atoms with E-state index < -0.39 is 0 Å². The first-order valence-electron chi connectivity index (χ1n) is 7.97. The zero-order chi connectivity index (χ0) is 17.3. The fraction of sp³-hybridized carbons (Fsp3) is 0.412. The molecule has 1 aliphatic heterocycles. The average Bonchev–Trinajstić information content (AvgIpc) is 2.91. The molecule has 3 rings (SSSR count). The number of nitrogens with one attached hydrogen (secondary N) is 1. The van der Waals surface area contributed by atoms with Gasteiger partial charge in [0.1, 0.15) is 0 Å². The first-order valence-corrected chi connectivity index (χ1v) is 8.35. The topological polar surface area (TPSA) is 59.4 Å². The van der Waals surface area contributed by atoms with E-state index in [2.05, 4.69) is 10.4 Å². The van der Waals surface area contributed by atoms with Crippen LogP contribution in [0.3, 0.4) is 0 Å². The van der Waals surface area contributed by atoms with Crippen LogP contribution in [0.25, 0.3) is 5.69 Å². The van der Waals surface area contributed by atoms with Crippen molar-refractivity contribution >= 4 is 23.3 Å². The number of anilines is 1. The van der Waals surface area contributed by atoms with Crippen LogP contribution in [-0.4, -0.2) is 46.0 Å². The third kappa shape index (κ3) is 3.25. The van der Waals surface area contributed by atoms with Crippen molar-refractivity contribution in [2.24, 2.45) is 0 Å². The molecule has 6 nitrogen and oxygen atoms in total. The Balaban J connectivity index is 1.78.